The highest BCUT2D eigenvalue weighted by Crippen LogP contribution is 2.10. The van der Waals surface area contributed by atoms with Crippen molar-refractivity contribution in [1.29, 1.82) is 0 Å². The van der Waals surface area contributed by atoms with Crippen molar-refractivity contribution in [3.63, 3.8) is 0 Å². The van der Waals surface area contributed by atoms with Crippen molar-refractivity contribution in [2.24, 2.45) is 10.7 Å². The summed E-state index contributed by atoms with van der Waals surface area (Å²) >= 11 is 0. The Morgan fingerprint density at radius 3 is 2.77 bits per heavy atom. The summed E-state index contributed by atoms with van der Waals surface area (Å²) in [6.07, 6.45) is 2.56. The number of rotatable bonds is 7. The Bertz CT molecular complexity index is 581. The van der Waals surface area contributed by atoms with Gasteiger partial charge in [0.15, 0.2) is 5.96 Å². The Morgan fingerprint density at radius 2 is 2.05 bits per heavy atom. The number of hydrogen-bond acceptors (Lipinski definition) is 3. The van der Waals surface area contributed by atoms with E-state index in [1.807, 2.05) is 49.4 Å². The van der Waals surface area contributed by atoms with Gasteiger partial charge in [-0.25, -0.2) is 0 Å². The van der Waals surface area contributed by atoms with Crippen molar-refractivity contribution in [2.45, 2.75) is 13.3 Å². The number of pyridine rings is 1. The smallest absolute Gasteiger partial charge is 0.188 e. The Kier molecular flexibility index (Phi) is 6.23. The average molecular weight is 298 g/mol. The first-order valence-electron chi connectivity index (χ1n) is 7.37. The molecule has 1 heterocycles. The average Bonchev–Trinajstić information content (AvgIpc) is 2.54. The topological polar surface area (TPSA) is 72.5 Å². The quantitative estimate of drug-likeness (QED) is 0.465. The molecule has 1 aromatic carbocycles. The first-order chi connectivity index (χ1) is 10.7. The predicted molar refractivity (Wildman–Crippen MR) is 89.1 cm³/mol. The van der Waals surface area contributed by atoms with E-state index in [4.69, 9.17) is 10.5 Å². The zero-order valence-electron chi connectivity index (χ0n) is 12.8. The molecule has 2 aromatic rings. The number of nitrogens with two attached hydrogens (primary N) is 1. The molecule has 0 saturated carbocycles. The van der Waals surface area contributed by atoms with Crippen LogP contribution in [-0.4, -0.2) is 30.6 Å². The van der Waals surface area contributed by atoms with Crippen molar-refractivity contribution >= 4 is 5.96 Å². The maximum atomic E-state index is 5.80. The summed E-state index contributed by atoms with van der Waals surface area (Å²) in [6, 6.07) is 13.8. The summed E-state index contributed by atoms with van der Waals surface area (Å²) in [5.74, 6) is 1.29. The van der Waals surface area contributed by atoms with Crippen LogP contribution in [0.15, 0.2) is 53.7 Å². The lowest BCUT2D eigenvalue weighted by atomic mass is 10.2. The molecule has 0 saturated heterocycles. The molecule has 22 heavy (non-hydrogen) atoms. The van der Waals surface area contributed by atoms with Crippen LogP contribution >= 0.6 is 0 Å². The summed E-state index contributed by atoms with van der Waals surface area (Å²) in [5.41, 5.74) is 8.03. The molecule has 0 fully saturated rings. The highest BCUT2D eigenvalue weighted by atomic mass is 16.5. The van der Waals surface area contributed by atoms with Crippen LogP contribution in [0.3, 0.4) is 0 Å². The molecule has 0 bridgehead atoms. The molecule has 0 spiro atoms. The molecule has 2 rings (SSSR count). The predicted octanol–water partition coefficient (Wildman–Crippen LogP) is 1.92. The molecular weight excluding hydrogens is 276 g/mol. The second kappa shape index (κ2) is 8.67. The first kappa shape index (κ1) is 15.8. The lowest BCUT2D eigenvalue weighted by Crippen LogP contribution is -2.35. The Morgan fingerprint density at radius 1 is 1.23 bits per heavy atom. The van der Waals surface area contributed by atoms with Crippen molar-refractivity contribution < 1.29 is 4.74 Å². The third kappa shape index (κ3) is 5.83. The SMILES string of the molecule is Cc1ccc(OCCNC(N)=NCCc2ccccn2)cc1. The summed E-state index contributed by atoms with van der Waals surface area (Å²) in [5, 5.41) is 3.03. The van der Waals surface area contributed by atoms with E-state index in [2.05, 4.69) is 15.3 Å². The molecule has 0 amide bonds. The van der Waals surface area contributed by atoms with E-state index >= 15 is 0 Å². The van der Waals surface area contributed by atoms with Crippen LogP contribution in [0.1, 0.15) is 11.3 Å². The lowest BCUT2D eigenvalue weighted by Gasteiger charge is -2.08. The van der Waals surface area contributed by atoms with Gasteiger partial charge in [-0.1, -0.05) is 23.8 Å². The van der Waals surface area contributed by atoms with Gasteiger partial charge in [0, 0.05) is 24.9 Å². The van der Waals surface area contributed by atoms with Gasteiger partial charge in [0.25, 0.3) is 0 Å². The molecule has 116 valence electrons. The number of guanidine groups is 1. The second-order valence-corrected chi connectivity index (χ2v) is 4.93. The van der Waals surface area contributed by atoms with Crippen LogP contribution in [0.2, 0.25) is 0 Å². The maximum absolute atomic E-state index is 5.80. The van der Waals surface area contributed by atoms with Crippen LogP contribution < -0.4 is 15.8 Å². The highest BCUT2D eigenvalue weighted by molar-refractivity contribution is 5.77. The summed E-state index contributed by atoms with van der Waals surface area (Å²) in [6.45, 7) is 3.83. The van der Waals surface area contributed by atoms with E-state index in [1.54, 1.807) is 6.20 Å². The minimum atomic E-state index is 0.434. The van der Waals surface area contributed by atoms with Gasteiger partial charge >= 0.3 is 0 Å². The molecule has 0 aliphatic carbocycles. The fraction of sp³-hybridized carbons (Fsp3) is 0.294. The van der Waals surface area contributed by atoms with Crippen LogP contribution in [0.4, 0.5) is 0 Å². The third-order valence-electron chi connectivity index (χ3n) is 3.07. The van der Waals surface area contributed by atoms with Gasteiger partial charge in [0.05, 0.1) is 6.54 Å². The molecular formula is C17H22N4O. The highest BCUT2D eigenvalue weighted by Gasteiger charge is 1.96. The number of benzene rings is 1. The molecule has 0 atom stereocenters. The number of aryl methyl sites for hydroxylation is 1. The van der Waals surface area contributed by atoms with Crippen molar-refractivity contribution in [1.82, 2.24) is 10.3 Å². The van der Waals surface area contributed by atoms with Crippen LogP contribution in [0, 0.1) is 6.92 Å². The molecule has 0 radical (unpaired) electrons. The molecule has 0 aliphatic rings. The summed E-state index contributed by atoms with van der Waals surface area (Å²) in [4.78, 5) is 8.50. The lowest BCUT2D eigenvalue weighted by molar-refractivity contribution is 0.322. The van der Waals surface area contributed by atoms with Crippen LogP contribution in [0.5, 0.6) is 5.75 Å². The number of nitrogens with one attached hydrogen (secondary N) is 1. The van der Waals surface area contributed by atoms with E-state index in [9.17, 15) is 0 Å². The Balaban J connectivity index is 1.61. The van der Waals surface area contributed by atoms with Gasteiger partial charge in [-0.15, -0.1) is 0 Å². The Labute approximate surface area is 131 Å². The van der Waals surface area contributed by atoms with Crippen molar-refractivity contribution in [2.75, 3.05) is 19.7 Å². The largest absolute Gasteiger partial charge is 0.492 e. The molecule has 0 aliphatic heterocycles. The molecule has 5 heteroatoms. The van der Waals surface area contributed by atoms with Crippen molar-refractivity contribution in [3.05, 3.63) is 59.9 Å². The molecule has 5 nitrogen and oxygen atoms in total. The van der Waals surface area contributed by atoms with Gasteiger partial charge in [-0.3, -0.25) is 9.98 Å². The fourth-order valence-corrected chi connectivity index (χ4v) is 1.88. The van der Waals surface area contributed by atoms with Gasteiger partial charge in [0.1, 0.15) is 12.4 Å². The normalized spacial score (nSPS) is 11.2. The molecule has 3 N–H and O–H groups in total. The second-order valence-electron chi connectivity index (χ2n) is 4.93. The third-order valence-corrected chi connectivity index (χ3v) is 3.07. The molecule has 1 aromatic heterocycles. The zero-order valence-corrected chi connectivity index (χ0v) is 12.8. The number of nitrogens with zero attached hydrogens (tertiary/aromatic N) is 2. The monoisotopic (exact) mass is 298 g/mol. The van der Waals surface area contributed by atoms with Gasteiger partial charge in [-0.2, -0.15) is 0 Å². The number of aromatic nitrogens is 1. The summed E-state index contributed by atoms with van der Waals surface area (Å²) < 4.78 is 5.60. The van der Waals surface area contributed by atoms with E-state index in [-0.39, 0.29) is 0 Å². The van der Waals surface area contributed by atoms with Gasteiger partial charge in [-0.05, 0) is 31.2 Å². The number of ether oxygens (including phenoxy) is 1. The van der Waals surface area contributed by atoms with E-state index in [1.165, 1.54) is 5.56 Å². The van der Waals surface area contributed by atoms with Crippen LogP contribution in [-0.2, 0) is 6.42 Å². The van der Waals surface area contributed by atoms with Gasteiger partial charge < -0.3 is 15.8 Å². The molecule has 0 unspecified atom stereocenters. The maximum Gasteiger partial charge on any atom is 0.188 e. The summed E-state index contributed by atoms with van der Waals surface area (Å²) in [7, 11) is 0. The van der Waals surface area contributed by atoms with E-state index < -0.39 is 0 Å². The van der Waals surface area contributed by atoms with Crippen molar-refractivity contribution in [3.8, 4) is 5.75 Å². The number of hydrogen-bond donors (Lipinski definition) is 2. The minimum absolute atomic E-state index is 0.434. The fourth-order valence-electron chi connectivity index (χ4n) is 1.88. The number of aliphatic imine (C=N–C) groups is 1. The first-order valence-corrected chi connectivity index (χ1v) is 7.37. The standard InChI is InChI=1S/C17H22N4O/c1-14-5-7-16(8-6-14)22-13-12-21-17(18)20-11-9-15-4-2-3-10-19-15/h2-8,10H,9,11-13H2,1H3,(H3,18,20,21). The zero-order chi connectivity index (χ0) is 15.6. The van der Waals surface area contributed by atoms with E-state index in [0.29, 0.717) is 25.7 Å². The van der Waals surface area contributed by atoms with E-state index in [0.717, 1.165) is 17.9 Å². The minimum Gasteiger partial charge on any atom is -0.492 e. The van der Waals surface area contributed by atoms with Crippen LogP contribution in [0.25, 0.3) is 0 Å². The Hall–Kier alpha value is -2.56. The van der Waals surface area contributed by atoms with Gasteiger partial charge in [0.2, 0.25) is 0 Å².